The van der Waals surface area contributed by atoms with Crippen molar-refractivity contribution in [1.82, 2.24) is 4.98 Å². The third-order valence-corrected chi connectivity index (χ3v) is 3.48. The van der Waals surface area contributed by atoms with Crippen molar-refractivity contribution < 1.29 is 14.6 Å². The molecule has 0 radical (unpaired) electrons. The number of carboxylic acids is 1. The molecule has 0 amide bonds. The maximum atomic E-state index is 11.1. The first-order valence-electron chi connectivity index (χ1n) is 7.24. The highest BCUT2D eigenvalue weighted by atomic mass is 16.5. The number of nitrogens with one attached hydrogen (secondary N) is 1. The number of pyridine rings is 1. The number of rotatable bonds is 7. The number of nitrogens with zero attached hydrogens (tertiary/aromatic N) is 1. The quantitative estimate of drug-likeness (QED) is 0.802. The lowest BCUT2D eigenvalue weighted by Crippen LogP contribution is -2.41. The Balaban J connectivity index is 2.02. The highest BCUT2D eigenvalue weighted by Crippen LogP contribution is 2.26. The second-order valence-corrected chi connectivity index (χ2v) is 5.18. The van der Waals surface area contributed by atoms with Crippen molar-refractivity contribution in [3.05, 3.63) is 23.4 Å². The highest BCUT2D eigenvalue weighted by molar-refractivity contribution is 5.88. The van der Waals surface area contributed by atoms with Crippen LogP contribution in [0.2, 0.25) is 0 Å². The standard InChI is InChI=1S/C15H22N2O3/c1-3-5-11-6-10(15(18)19)7-14(16-11)17-12-8-13(9-12)20-4-2/h6-7,12-13H,3-5,8-9H2,1-2H3,(H,16,17)(H,18,19). The first-order valence-corrected chi connectivity index (χ1v) is 7.24. The van der Waals surface area contributed by atoms with Crippen LogP contribution in [0.25, 0.3) is 0 Å². The van der Waals surface area contributed by atoms with E-state index in [-0.39, 0.29) is 0 Å². The number of hydrogen-bond acceptors (Lipinski definition) is 4. The summed E-state index contributed by atoms with van der Waals surface area (Å²) in [6.07, 6.45) is 3.98. The van der Waals surface area contributed by atoms with E-state index in [1.807, 2.05) is 6.92 Å². The van der Waals surface area contributed by atoms with Gasteiger partial charge < -0.3 is 15.2 Å². The monoisotopic (exact) mass is 278 g/mol. The van der Waals surface area contributed by atoms with Crippen LogP contribution >= 0.6 is 0 Å². The molecule has 1 aromatic rings. The van der Waals surface area contributed by atoms with Crippen LogP contribution in [0.4, 0.5) is 5.82 Å². The molecule has 2 N–H and O–H groups in total. The van der Waals surface area contributed by atoms with Crippen LogP contribution in [0.1, 0.15) is 49.2 Å². The fraction of sp³-hybridized carbons (Fsp3) is 0.600. The average molecular weight is 278 g/mol. The molecule has 1 aliphatic carbocycles. The molecule has 0 aromatic carbocycles. The number of aromatic nitrogens is 1. The first kappa shape index (κ1) is 14.8. The van der Waals surface area contributed by atoms with Crippen LogP contribution in [-0.4, -0.2) is 34.8 Å². The van der Waals surface area contributed by atoms with E-state index in [1.165, 1.54) is 0 Å². The number of anilines is 1. The summed E-state index contributed by atoms with van der Waals surface area (Å²) in [6.45, 7) is 4.79. The Labute approximate surface area is 119 Å². The Bertz CT molecular complexity index is 470. The van der Waals surface area contributed by atoms with Crippen LogP contribution in [-0.2, 0) is 11.2 Å². The number of hydrogen-bond donors (Lipinski definition) is 2. The lowest BCUT2D eigenvalue weighted by atomic mass is 9.89. The van der Waals surface area contributed by atoms with Crippen LogP contribution in [0.3, 0.4) is 0 Å². The molecule has 1 aliphatic rings. The third kappa shape index (κ3) is 3.70. The number of carboxylic acid groups (broad SMARTS) is 1. The zero-order valence-corrected chi connectivity index (χ0v) is 12.1. The predicted octanol–water partition coefficient (Wildman–Crippen LogP) is 2.71. The highest BCUT2D eigenvalue weighted by Gasteiger charge is 2.29. The first-order chi connectivity index (χ1) is 9.62. The summed E-state index contributed by atoms with van der Waals surface area (Å²) in [4.78, 5) is 15.6. The Kier molecular flexibility index (Phi) is 4.95. The summed E-state index contributed by atoms with van der Waals surface area (Å²) >= 11 is 0. The minimum atomic E-state index is -0.909. The summed E-state index contributed by atoms with van der Waals surface area (Å²) in [7, 11) is 0. The van der Waals surface area contributed by atoms with E-state index in [2.05, 4.69) is 17.2 Å². The van der Waals surface area contributed by atoms with Crippen LogP contribution in [0.5, 0.6) is 0 Å². The largest absolute Gasteiger partial charge is 0.478 e. The van der Waals surface area contributed by atoms with Crippen molar-refractivity contribution in [2.45, 2.75) is 51.7 Å². The van der Waals surface area contributed by atoms with Gasteiger partial charge in [0.05, 0.1) is 11.7 Å². The number of ether oxygens (including phenoxy) is 1. The van der Waals surface area contributed by atoms with Gasteiger partial charge in [-0.3, -0.25) is 0 Å². The fourth-order valence-electron chi connectivity index (χ4n) is 2.43. The van der Waals surface area contributed by atoms with E-state index in [0.29, 0.717) is 23.5 Å². The Morgan fingerprint density at radius 1 is 1.45 bits per heavy atom. The Hall–Kier alpha value is -1.62. The number of aromatic carboxylic acids is 1. The summed E-state index contributed by atoms with van der Waals surface area (Å²) < 4.78 is 5.52. The van der Waals surface area contributed by atoms with E-state index in [0.717, 1.165) is 38.0 Å². The third-order valence-electron chi connectivity index (χ3n) is 3.48. The molecule has 0 unspecified atom stereocenters. The molecule has 0 atom stereocenters. The van der Waals surface area contributed by atoms with Crippen molar-refractivity contribution in [1.29, 1.82) is 0 Å². The molecule has 5 heteroatoms. The molecule has 1 saturated carbocycles. The maximum Gasteiger partial charge on any atom is 0.335 e. The van der Waals surface area contributed by atoms with Gasteiger partial charge in [-0.05, 0) is 38.3 Å². The second kappa shape index (κ2) is 6.70. The molecule has 20 heavy (non-hydrogen) atoms. The molecule has 0 aliphatic heterocycles. The van der Waals surface area contributed by atoms with Gasteiger partial charge in [0, 0.05) is 18.3 Å². The minimum Gasteiger partial charge on any atom is -0.478 e. The van der Waals surface area contributed by atoms with Crippen molar-refractivity contribution in [2.75, 3.05) is 11.9 Å². The molecule has 1 fully saturated rings. The van der Waals surface area contributed by atoms with Gasteiger partial charge >= 0.3 is 5.97 Å². The molecule has 1 heterocycles. The lowest BCUT2D eigenvalue weighted by molar-refractivity contribution is 0.00291. The number of aryl methyl sites for hydroxylation is 1. The van der Waals surface area contributed by atoms with Crippen molar-refractivity contribution in [3.8, 4) is 0 Å². The summed E-state index contributed by atoms with van der Waals surface area (Å²) in [5, 5.41) is 12.5. The van der Waals surface area contributed by atoms with Gasteiger partial charge in [-0.1, -0.05) is 13.3 Å². The molecule has 2 rings (SSSR count). The minimum absolute atomic E-state index is 0.298. The molecule has 0 bridgehead atoms. The van der Waals surface area contributed by atoms with E-state index in [9.17, 15) is 4.79 Å². The van der Waals surface area contributed by atoms with Crippen molar-refractivity contribution in [3.63, 3.8) is 0 Å². The van der Waals surface area contributed by atoms with Gasteiger partial charge in [0.2, 0.25) is 0 Å². The summed E-state index contributed by atoms with van der Waals surface area (Å²) in [5.74, 6) is -0.248. The topological polar surface area (TPSA) is 71.5 Å². The van der Waals surface area contributed by atoms with Crippen LogP contribution in [0.15, 0.2) is 12.1 Å². The van der Waals surface area contributed by atoms with Gasteiger partial charge in [-0.15, -0.1) is 0 Å². The number of carbonyl (C=O) groups is 1. The zero-order valence-electron chi connectivity index (χ0n) is 12.1. The fourth-order valence-corrected chi connectivity index (χ4v) is 2.43. The van der Waals surface area contributed by atoms with E-state index < -0.39 is 5.97 Å². The molecule has 5 nitrogen and oxygen atoms in total. The molecule has 0 spiro atoms. The Morgan fingerprint density at radius 2 is 2.20 bits per heavy atom. The molecule has 1 aromatic heterocycles. The van der Waals surface area contributed by atoms with E-state index in [4.69, 9.17) is 9.84 Å². The van der Waals surface area contributed by atoms with Gasteiger partial charge in [-0.2, -0.15) is 0 Å². The summed E-state index contributed by atoms with van der Waals surface area (Å²) in [5.41, 5.74) is 1.13. The maximum absolute atomic E-state index is 11.1. The second-order valence-electron chi connectivity index (χ2n) is 5.18. The molecular weight excluding hydrogens is 256 g/mol. The summed E-state index contributed by atoms with van der Waals surface area (Å²) in [6, 6.07) is 3.59. The van der Waals surface area contributed by atoms with E-state index >= 15 is 0 Å². The van der Waals surface area contributed by atoms with Gasteiger partial charge in [0.1, 0.15) is 5.82 Å². The zero-order chi connectivity index (χ0) is 14.5. The van der Waals surface area contributed by atoms with Gasteiger partial charge in [-0.25, -0.2) is 9.78 Å². The molecule has 0 saturated heterocycles. The molecule has 110 valence electrons. The lowest BCUT2D eigenvalue weighted by Gasteiger charge is -2.35. The average Bonchev–Trinajstić information content (AvgIpc) is 2.36. The van der Waals surface area contributed by atoms with Gasteiger partial charge in [0.15, 0.2) is 0 Å². The van der Waals surface area contributed by atoms with Crippen LogP contribution in [0, 0.1) is 0 Å². The SMILES string of the molecule is CCCc1cc(C(=O)O)cc(NC2CC(OCC)C2)n1. The van der Waals surface area contributed by atoms with Crippen molar-refractivity contribution in [2.24, 2.45) is 0 Å². The smallest absolute Gasteiger partial charge is 0.335 e. The predicted molar refractivity (Wildman–Crippen MR) is 77.3 cm³/mol. The van der Waals surface area contributed by atoms with E-state index in [1.54, 1.807) is 12.1 Å². The van der Waals surface area contributed by atoms with Crippen molar-refractivity contribution >= 4 is 11.8 Å². The van der Waals surface area contributed by atoms with Gasteiger partial charge in [0.25, 0.3) is 0 Å². The normalized spacial score (nSPS) is 21.3. The Morgan fingerprint density at radius 3 is 2.80 bits per heavy atom. The molecular formula is C15H22N2O3. The van der Waals surface area contributed by atoms with Crippen LogP contribution < -0.4 is 5.32 Å².